The molecule has 0 spiro atoms. The number of hydrogen-bond acceptors (Lipinski definition) is 3. The van der Waals surface area contributed by atoms with Gasteiger partial charge in [-0.05, 0) is 56.0 Å². The van der Waals surface area contributed by atoms with Gasteiger partial charge in [0.2, 0.25) is 0 Å². The van der Waals surface area contributed by atoms with Gasteiger partial charge in [0.1, 0.15) is 0 Å². The van der Waals surface area contributed by atoms with Crippen molar-refractivity contribution in [2.75, 3.05) is 19.6 Å². The van der Waals surface area contributed by atoms with Crippen LogP contribution in [0.3, 0.4) is 0 Å². The van der Waals surface area contributed by atoms with Crippen LogP contribution in [0.4, 0.5) is 0 Å². The van der Waals surface area contributed by atoms with Gasteiger partial charge in [-0.25, -0.2) is 0 Å². The SMILES string of the molecule is CCc1cc(C(=O)N2C[C@@H](c3ccccc3)[C@@H]3[C@H]2C2CCN3CC2)ccn1. The summed E-state index contributed by atoms with van der Waals surface area (Å²) in [6.07, 6.45) is 5.09. The van der Waals surface area contributed by atoms with Crippen LogP contribution in [0.5, 0.6) is 0 Å². The lowest BCUT2D eigenvalue weighted by atomic mass is 9.75. The number of benzene rings is 1. The molecule has 0 saturated carbocycles. The lowest BCUT2D eigenvalue weighted by Crippen LogP contribution is -2.60. The molecule has 0 N–H and O–H groups in total. The predicted octanol–water partition coefficient (Wildman–Crippen LogP) is 3.35. The van der Waals surface area contributed by atoms with E-state index in [1.165, 1.54) is 31.5 Å². The van der Waals surface area contributed by atoms with Crippen molar-refractivity contribution in [3.05, 3.63) is 65.5 Å². The zero-order valence-electron chi connectivity index (χ0n) is 15.9. The number of nitrogens with zero attached hydrogens (tertiary/aromatic N) is 3. The van der Waals surface area contributed by atoms with Gasteiger partial charge < -0.3 is 4.90 Å². The molecule has 0 radical (unpaired) electrons. The first-order valence-electron chi connectivity index (χ1n) is 10.3. The van der Waals surface area contributed by atoms with Crippen molar-refractivity contribution >= 4 is 5.91 Å². The van der Waals surface area contributed by atoms with Gasteiger partial charge in [0.05, 0.1) is 6.04 Å². The first-order chi connectivity index (χ1) is 13.3. The molecule has 1 amide bonds. The molecule has 140 valence electrons. The van der Waals surface area contributed by atoms with Crippen molar-refractivity contribution in [2.24, 2.45) is 5.92 Å². The van der Waals surface area contributed by atoms with E-state index in [1.807, 2.05) is 12.1 Å². The summed E-state index contributed by atoms with van der Waals surface area (Å²) in [6, 6.07) is 15.5. The van der Waals surface area contributed by atoms with Gasteiger partial charge in [-0.3, -0.25) is 14.7 Å². The van der Waals surface area contributed by atoms with Gasteiger partial charge in [0.15, 0.2) is 0 Å². The lowest BCUT2D eigenvalue weighted by molar-refractivity contribution is -0.00341. The van der Waals surface area contributed by atoms with Crippen LogP contribution in [-0.2, 0) is 6.42 Å². The Bertz CT molecular complexity index is 829. The van der Waals surface area contributed by atoms with Gasteiger partial charge in [0, 0.05) is 36.0 Å². The fourth-order valence-electron chi connectivity index (χ4n) is 5.62. The van der Waals surface area contributed by atoms with E-state index in [-0.39, 0.29) is 5.91 Å². The Labute approximate surface area is 161 Å². The van der Waals surface area contributed by atoms with Crippen molar-refractivity contribution in [3.8, 4) is 0 Å². The molecule has 3 atom stereocenters. The van der Waals surface area contributed by atoms with E-state index in [2.05, 4.69) is 52.0 Å². The summed E-state index contributed by atoms with van der Waals surface area (Å²) in [5.41, 5.74) is 3.16. The Kier molecular flexibility index (Phi) is 4.24. The number of amides is 1. The number of piperidine rings is 3. The molecule has 2 bridgehead atoms. The van der Waals surface area contributed by atoms with Crippen molar-refractivity contribution < 1.29 is 4.79 Å². The highest BCUT2D eigenvalue weighted by molar-refractivity contribution is 5.95. The number of hydrogen-bond donors (Lipinski definition) is 0. The second kappa shape index (κ2) is 6.75. The van der Waals surface area contributed by atoms with Crippen LogP contribution in [0.1, 0.15) is 47.3 Å². The molecule has 5 heterocycles. The number of carbonyl (C=O) groups is 1. The molecular formula is C23H27N3O. The normalized spacial score (nSPS) is 31.7. The van der Waals surface area contributed by atoms with Gasteiger partial charge >= 0.3 is 0 Å². The average molecular weight is 361 g/mol. The highest BCUT2D eigenvalue weighted by atomic mass is 16.2. The van der Waals surface area contributed by atoms with Crippen molar-refractivity contribution in [2.45, 2.75) is 44.2 Å². The second-order valence-electron chi connectivity index (χ2n) is 8.22. The fourth-order valence-corrected chi connectivity index (χ4v) is 5.62. The van der Waals surface area contributed by atoms with E-state index in [9.17, 15) is 4.79 Å². The minimum atomic E-state index is 0.189. The number of likely N-dealkylation sites (tertiary alicyclic amines) is 1. The van der Waals surface area contributed by atoms with Crippen LogP contribution in [0.2, 0.25) is 0 Å². The summed E-state index contributed by atoms with van der Waals surface area (Å²) in [4.78, 5) is 22.7. The van der Waals surface area contributed by atoms with Crippen LogP contribution < -0.4 is 0 Å². The summed E-state index contributed by atoms with van der Waals surface area (Å²) in [5, 5.41) is 0. The molecule has 27 heavy (non-hydrogen) atoms. The molecule has 0 aliphatic carbocycles. The molecule has 4 aliphatic rings. The Morgan fingerprint density at radius 2 is 1.89 bits per heavy atom. The number of aromatic nitrogens is 1. The summed E-state index contributed by atoms with van der Waals surface area (Å²) in [6.45, 7) is 5.29. The summed E-state index contributed by atoms with van der Waals surface area (Å²) >= 11 is 0. The fraction of sp³-hybridized carbons (Fsp3) is 0.478. The third-order valence-electron chi connectivity index (χ3n) is 6.91. The molecule has 1 aromatic carbocycles. The third kappa shape index (κ3) is 2.78. The van der Waals surface area contributed by atoms with Crippen molar-refractivity contribution in [1.29, 1.82) is 0 Å². The highest BCUT2D eigenvalue weighted by Crippen LogP contribution is 2.46. The highest BCUT2D eigenvalue weighted by Gasteiger charge is 2.54. The Hall–Kier alpha value is -2.20. The lowest BCUT2D eigenvalue weighted by Gasteiger charge is -2.51. The van der Waals surface area contributed by atoms with Crippen molar-refractivity contribution in [1.82, 2.24) is 14.8 Å². The number of carbonyl (C=O) groups excluding carboxylic acids is 1. The number of aryl methyl sites for hydroxylation is 1. The van der Waals surface area contributed by atoms with Gasteiger partial charge in [0.25, 0.3) is 5.91 Å². The summed E-state index contributed by atoms with van der Waals surface area (Å²) in [5.74, 6) is 1.25. The van der Waals surface area contributed by atoms with Crippen molar-refractivity contribution in [3.63, 3.8) is 0 Å². The minimum Gasteiger partial charge on any atom is -0.333 e. The minimum absolute atomic E-state index is 0.189. The zero-order valence-corrected chi connectivity index (χ0v) is 15.9. The largest absolute Gasteiger partial charge is 0.333 e. The van der Waals surface area contributed by atoms with Gasteiger partial charge in [-0.2, -0.15) is 0 Å². The first-order valence-corrected chi connectivity index (χ1v) is 10.3. The van der Waals surface area contributed by atoms with Gasteiger partial charge in [-0.1, -0.05) is 37.3 Å². The van der Waals surface area contributed by atoms with E-state index >= 15 is 0 Å². The maximum Gasteiger partial charge on any atom is 0.254 e. The van der Waals surface area contributed by atoms with E-state index < -0.39 is 0 Å². The Morgan fingerprint density at radius 1 is 1.11 bits per heavy atom. The molecule has 4 fully saturated rings. The Balaban J connectivity index is 1.51. The van der Waals surface area contributed by atoms with E-state index in [0.717, 1.165) is 24.2 Å². The smallest absolute Gasteiger partial charge is 0.254 e. The van der Waals surface area contributed by atoms with E-state index in [0.29, 0.717) is 23.9 Å². The van der Waals surface area contributed by atoms with Crippen LogP contribution in [0.25, 0.3) is 0 Å². The monoisotopic (exact) mass is 361 g/mol. The predicted molar refractivity (Wildman–Crippen MR) is 106 cm³/mol. The molecule has 6 rings (SSSR count). The van der Waals surface area contributed by atoms with Gasteiger partial charge in [-0.15, -0.1) is 0 Å². The standard InChI is InChI=1S/C23H27N3O/c1-2-19-14-18(8-11-24-19)23(27)26-15-20(16-6-4-3-5-7-16)22-21(26)17-9-12-25(22)13-10-17/h3-8,11,14,17,20-22H,2,9-10,12-13,15H2,1H3/t20-,21+,22+/m0/s1. The number of fused-ring (bicyclic) bond motifs is 2. The third-order valence-corrected chi connectivity index (χ3v) is 6.91. The molecule has 4 saturated heterocycles. The molecule has 0 unspecified atom stereocenters. The Morgan fingerprint density at radius 3 is 2.63 bits per heavy atom. The molecule has 4 nitrogen and oxygen atoms in total. The maximum atomic E-state index is 13.5. The van der Waals surface area contributed by atoms with Crippen LogP contribution in [0.15, 0.2) is 48.7 Å². The van der Waals surface area contributed by atoms with Crippen LogP contribution >= 0.6 is 0 Å². The average Bonchev–Trinajstić information content (AvgIpc) is 3.17. The maximum absolute atomic E-state index is 13.5. The summed E-state index contributed by atoms with van der Waals surface area (Å²) in [7, 11) is 0. The molecular weight excluding hydrogens is 334 g/mol. The zero-order chi connectivity index (χ0) is 18.4. The first kappa shape index (κ1) is 16.9. The number of rotatable bonds is 3. The second-order valence-corrected chi connectivity index (χ2v) is 8.22. The topological polar surface area (TPSA) is 36.4 Å². The van der Waals surface area contributed by atoms with E-state index in [4.69, 9.17) is 0 Å². The van der Waals surface area contributed by atoms with Crippen LogP contribution in [0, 0.1) is 5.92 Å². The molecule has 1 aromatic heterocycles. The molecule has 2 aromatic rings. The van der Waals surface area contributed by atoms with E-state index in [1.54, 1.807) is 6.20 Å². The summed E-state index contributed by atoms with van der Waals surface area (Å²) < 4.78 is 0. The quantitative estimate of drug-likeness (QED) is 0.841. The molecule has 4 aliphatic heterocycles. The van der Waals surface area contributed by atoms with Crippen LogP contribution in [-0.4, -0.2) is 52.4 Å². The number of pyridine rings is 1. The molecule has 4 heteroatoms.